The molecule has 0 fully saturated rings. The number of hydrogen-bond donors (Lipinski definition) is 1. The van der Waals surface area contributed by atoms with E-state index < -0.39 is 0 Å². The van der Waals surface area contributed by atoms with Crippen molar-refractivity contribution >= 4 is 23.4 Å². The van der Waals surface area contributed by atoms with E-state index in [-0.39, 0.29) is 0 Å². The van der Waals surface area contributed by atoms with Crippen molar-refractivity contribution in [1.82, 2.24) is 15.1 Å². The van der Waals surface area contributed by atoms with Gasteiger partial charge in [-0.1, -0.05) is 25.4 Å². The van der Waals surface area contributed by atoms with Crippen LogP contribution >= 0.6 is 23.4 Å². The highest BCUT2D eigenvalue weighted by Crippen LogP contribution is 2.22. The second-order valence-electron chi connectivity index (χ2n) is 4.45. The monoisotopic (exact) mass is 289 g/mol. The highest BCUT2D eigenvalue weighted by molar-refractivity contribution is 7.99. The van der Waals surface area contributed by atoms with Crippen molar-refractivity contribution in [3.63, 3.8) is 0 Å². The van der Waals surface area contributed by atoms with Gasteiger partial charge in [0.25, 0.3) is 0 Å². The Bertz CT molecular complexity index is 365. The van der Waals surface area contributed by atoms with Crippen LogP contribution in [0.4, 0.5) is 0 Å². The maximum absolute atomic E-state index is 6.37. The predicted molar refractivity (Wildman–Crippen MR) is 81.8 cm³/mol. The Labute approximate surface area is 120 Å². The first-order valence-electron chi connectivity index (χ1n) is 6.59. The van der Waals surface area contributed by atoms with Crippen molar-refractivity contribution in [1.29, 1.82) is 0 Å². The van der Waals surface area contributed by atoms with Gasteiger partial charge >= 0.3 is 0 Å². The molecule has 3 nitrogen and oxygen atoms in total. The highest BCUT2D eigenvalue weighted by Gasteiger charge is 2.16. The number of aryl methyl sites for hydroxylation is 2. The van der Waals surface area contributed by atoms with Crippen molar-refractivity contribution in [3.8, 4) is 0 Å². The molecule has 1 unspecified atom stereocenters. The van der Waals surface area contributed by atoms with Gasteiger partial charge in [0.15, 0.2) is 0 Å². The van der Waals surface area contributed by atoms with Gasteiger partial charge in [0.2, 0.25) is 0 Å². The summed E-state index contributed by atoms with van der Waals surface area (Å²) in [5, 5.41) is 8.68. The van der Waals surface area contributed by atoms with E-state index in [1.54, 1.807) is 0 Å². The molecule has 104 valence electrons. The van der Waals surface area contributed by atoms with Crippen molar-refractivity contribution in [3.05, 3.63) is 16.4 Å². The second kappa shape index (κ2) is 8.08. The Hall–Kier alpha value is -0.190. The minimum absolute atomic E-state index is 0.458. The lowest BCUT2D eigenvalue weighted by Gasteiger charge is -2.16. The summed E-state index contributed by atoms with van der Waals surface area (Å²) in [6.07, 6.45) is 3.06. The number of nitrogens with one attached hydrogen (secondary N) is 1. The average molecular weight is 290 g/mol. The molecule has 0 saturated carbocycles. The normalized spacial score (nSPS) is 12.9. The molecule has 1 heterocycles. The number of nitrogens with zero attached hydrogens (tertiary/aromatic N) is 2. The molecule has 0 amide bonds. The molecule has 1 N–H and O–H groups in total. The Morgan fingerprint density at radius 2 is 2.17 bits per heavy atom. The van der Waals surface area contributed by atoms with Crippen LogP contribution in [0.1, 0.15) is 31.7 Å². The maximum Gasteiger partial charge on any atom is 0.0850 e. The predicted octanol–water partition coefficient (Wildman–Crippen LogP) is 2.91. The van der Waals surface area contributed by atoms with Gasteiger partial charge in [-0.2, -0.15) is 16.9 Å². The Morgan fingerprint density at radius 1 is 1.44 bits per heavy atom. The Morgan fingerprint density at radius 3 is 2.67 bits per heavy atom. The molecule has 0 spiro atoms. The largest absolute Gasteiger partial charge is 0.316 e. The fraction of sp³-hybridized carbons (Fsp3) is 0.769. The van der Waals surface area contributed by atoms with Gasteiger partial charge in [0.05, 0.1) is 16.4 Å². The Balaban J connectivity index is 2.66. The van der Waals surface area contributed by atoms with Crippen LogP contribution in [0.25, 0.3) is 0 Å². The van der Waals surface area contributed by atoms with Crippen LogP contribution in [0, 0.1) is 0 Å². The maximum atomic E-state index is 6.37. The summed E-state index contributed by atoms with van der Waals surface area (Å²) in [5.74, 6) is 2.34. The van der Waals surface area contributed by atoms with Crippen LogP contribution in [0.15, 0.2) is 0 Å². The molecule has 1 rings (SSSR count). The number of rotatable bonds is 8. The minimum atomic E-state index is 0.458. The smallest absolute Gasteiger partial charge is 0.0850 e. The molecule has 1 atom stereocenters. The second-order valence-corrected chi connectivity index (χ2v) is 5.98. The van der Waals surface area contributed by atoms with E-state index >= 15 is 0 Å². The molecule has 0 aliphatic heterocycles. The van der Waals surface area contributed by atoms with E-state index in [1.165, 1.54) is 12.2 Å². The van der Waals surface area contributed by atoms with E-state index in [2.05, 4.69) is 24.3 Å². The van der Waals surface area contributed by atoms with Crippen molar-refractivity contribution in [2.75, 3.05) is 18.6 Å². The summed E-state index contributed by atoms with van der Waals surface area (Å²) in [4.78, 5) is 0. The standard InChI is InChI=1S/C13H24ClN3S/c1-5-7-18-9-10(15-3)8-12-13(14)11(6-2)16-17(12)4/h10,15H,5-9H2,1-4H3. The summed E-state index contributed by atoms with van der Waals surface area (Å²) in [6.45, 7) is 4.30. The van der Waals surface area contributed by atoms with E-state index in [4.69, 9.17) is 11.6 Å². The fourth-order valence-corrected chi connectivity index (χ4v) is 3.28. The minimum Gasteiger partial charge on any atom is -0.316 e. The van der Waals surface area contributed by atoms with Crippen LogP contribution in [-0.4, -0.2) is 34.4 Å². The van der Waals surface area contributed by atoms with Gasteiger partial charge in [-0.25, -0.2) is 0 Å². The van der Waals surface area contributed by atoms with Gasteiger partial charge < -0.3 is 5.32 Å². The topological polar surface area (TPSA) is 29.9 Å². The molecule has 0 aliphatic rings. The summed E-state index contributed by atoms with van der Waals surface area (Å²) in [6, 6.07) is 0.458. The van der Waals surface area contributed by atoms with Crippen molar-refractivity contribution in [2.24, 2.45) is 7.05 Å². The number of hydrogen-bond acceptors (Lipinski definition) is 3. The number of halogens is 1. The molecule has 1 aromatic heterocycles. The van der Waals surface area contributed by atoms with Crippen LogP contribution in [0.2, 0.25) is 5.02 Å². The quantitative estimate of drug-likeness (QED) is 0.746. The molecule has 0 saturated heterocycles. The van der Waals surface area contributed by atoms with Gasteiger partial charge in [-0.05, 0) is 25.6 Å². The molecular formula is C13H24ClN3S. The molecular weight excluding hydrogens is 266 g/mol. The molecule has 0 bridgehead atoms. The van der Waals surface area contributed by atoms with E-state index in [1.807, 2.05) is 30.5 Å². The van der Waals surface area contributed by atoms with Gasteiger partial charge in [-0.15, -0.1) is 0 Å². The zero-order valence-electron chi connectivity index (χ0n) is 11.8. The van der Waals surface area contributed by atoms with Crippen LogP contribution < -0.4 is 5.32 Å². The van der Waals surface area contributed by atoms with Crippen molar-refractivity contribution < 1.29 is 0 Å². The first-order chi connectivity index (χ1) is 8.63. The fourth-order valence-electron chi connectivity index (χ4n) is 1.89. The number of likely N-dealkylation sites (N-methyl/N-ethyl adjacent to an activating group) is 1. The number of aromatic nitrogens is 2. The lowest BCUT2D eigenvalue weighted by atomic mass is 10.1. The SMILES string of the molecule is CCCSCC(Cc1c(Cl)c(CC)nn1C)NC. The van der Waals surface area contributed by atoms with E-state index in [0.29, 0.717) is 6.04 Å². The van der Waals surface area contributed by atoms with Gasteiger partial charge in [0, 0.05) is 25.3 Å². The molecule has 0 radical (unpaired) electrons. The molecule has 18 heavy (non-hydrogen) atoms. The third-order valence-corrected chi connectivity index (χ3v) is 4.79. The Kier molecular flexibility index (Phi) is 7.12. The third kappa shape index (κ3) is 4.18. The average Bonchev–Trinajstić information content (AvgIpc) is 2.64. The third-order valence-electron chi connectivity index (χ3n) is 3.02. The van der Waals surface area contributed by atoms with Crippen molar-refractivity contribution in [2.45, 2.75) is 39.2 Å². The summed E-state index contributed by atoms with van der Waals surface area (Å²) in [5.41, 5.74) is 2.15. The zero-order chi connectivity index (χ0) is 13.5. The zero-order valence-corrected chi connectivity index (χ0v) is 13.4. The lowest BCUT2D eigenvalue weighted by molar-refractivity contribution is 0.581. The van der Waals surface area contributed by atoms with Gasteiger partial charge in [-0.3, -0.25) is 4.68 Å². The summed E-state index contributed by atoms with van der Waals surface area (Å²) < 4.78 is 1.93. The first-order valence-corrected chi connectivity index (χ1v) is 8.12. The summed E-state index contributed by atoms with van der Waals surface area (Å²) in [7, 11) is 3.99. The molecule has 0 aliphatic carbocycles. The first kappa shape index (κ1) is 15.9. The van der Waals surface area contributed by atoms with Crippen LogP contribution in [0.3, 0.4) is 0 Å². The highest BCUT2D eigenvalue weighted by atomic mass is 35.5. The van der Waals surface area contributed by atoms with Crippen LogP contribution in [-0.2, 0) is 19.9 Å². The molecule has 0 aromatic carbocycles. The molecule has 1 aromatic rings. The lowest BCUT2D eigenvalue weighted by Crippen LogP contribution is -2.31. The number of thioether (sulfide) groups is 1. The molecule has 5 heteroatoms. The van der Waals surface area contributed by atoms with E-state index in [9.17, 15) is 0 Å². The van der Waals surface area contributed by atoms with Crippen LogP contribution in [0.5, 0.6) is 0 Å². The van der Waals surface area contributed by atoms with Gasteiger partial charge in [0.1, 0.15) is 0 Å². The summed E-state index contributed by atoms with van der Waals surface area (Å²) >= 11 is 8.37. The van der Waals surface area contributed by atoms with E-state index in [0.717, 1.165) is 35.0 Å².